The van der Waals surface area contributed by atoms with Crippen LogP contribution in [-0.2, 0) is 38.8 Å². The van der Waals surface area contributed by atoms with E-state index in [1.807, 2.05) is 30.3 Å². The van der Waals surface area contributed by atoms with Crippen molar-refractivity contribution >= 4 is 55.1 Å². The second-order valence-electron chi connectivity index (χ2n) is 10.8. The lowest BCUT2D eigenvalue weighted by Crippen LogP contribution is -2.54. The third-order valence-corrected chi connectivity index (χ3v) is 9.40. The summed E-state index contributed by atoms with van der Waals surface area (Å²) >= 11 is 9.19. The lowest BCUT2D eigenvalue weighted by molar-refractivity contribution is -0.140. The van der Waals surface area contributed by atoms with Crippen LogP contribution < -0.4 is 9.62 Å². The Labute approximate surface area is 268 Å². The number of alkyl halides is 3. The first-order valence-corrected chi connectivity index (χ1v) is 17.0. The van der Waals surface area contributed by atoms with Gasteiger partial charge in [0.2, 0.25) is 21.8 Å². The summed E-state index contributed by atoms with van der Waals surface area (Å²) < 4.78 is 68.1. The highest BCUT2D eigenvalue weighted by Gasteiger charge is 2.37. The van der Waals surface area contributed by atoms with Crippen molar-refractivity contribution < 1.29 is 31.2 Å². The van der Waals surface area contributed by atoms with Gasteiger partial charge in [-0.1, -0.05) is 82.8 Å². The summed E-state index contributed by atoms with van der Waals surface area (Å²) in [6.07, 6.45) is -0.358. The van der Waals surface area contributed by atoms with Crippen molar-refractivity contribution in [2.24, 2.45) is 0 Å². The molecule has 2 amide bonds. The Morgan fingerprint density at radius 3 is 2.27 bits per heavy atom. The number of hydrogen-bond donors (Lipinski definition) is 1. The Balaban J connectivity index is 1.76. The molecular weight excluding hydrogens is 683 g/mol. The summed E-state index contributed by atoms with van der Waals surface area (Å²) in [5.41, 5.74) is -0.175. The molecule has 0 saturated heterocycles. The van der Waals surface area contributed by atoms with E-state index < -0.39 is 45.3 Å². The van der Waals surface area contributed by atoms with Crippen molar-refractivity contribution in [2.45, 2.75) is 56.9 Å². The Morgan fingerprint density at radius 1 is 1.00 bits per heavy atom. The van der Waals surface area contributed by atoms with E-state index in [1.54, 1.807) is 24.3 Å². The summed E-state index contributed by atoms with van der Waals surface area (Å²) in [6.45, 7) is -0.895. The van der Waals surface area contributed by atoms with Crippen molar-refractivity contribution in [3.63, 3.8) is 0 Å². The standard InChI is InChI=1S/C31H32BrClF3N3O4S/c1-44(42,43)39(25-14-15-27(33)26(18-25)31(34,35)36)20-29(40)38(19-22-10-7-11-23(32)16-22)28(17-21-8-3-2-4-9-21)30(41)37-24-12-5-6-13-24/h2-4,7-11,14-16,18,24,28H,5-6,12-13,17,19-20H2,1H3,(H,37,41)/t28-/m1/s1. The van der Waals surface area contributed by atoms with Gasteiger partial charge in [0.1, 0.15) is 12.6 Å². The number of halogens is 5. The minimum atomic E-state index is -4.86. The first-order chi connectivity index (χ1) is 20.7. The highest BCUT2D eigenvalue weighted by molar-refractivity contribution is 9.10. The van der Waals surface area contributed by atoms with E-state index in [4.69, 9.17) is 11.6 Å². The maximum atomic E-state index is 14.2. The number of hydrogen-bond acceptors (Lipinski definition) is 4. The van der Waals surface area contributed by atoms with Crippen molar-refractivity contribution in [3.05, 3.63) is 99.0 Å². The van der Waals surface area contributed by atoms with Crippen molar-refractivity contribution in [1.29, 1.82) is 0 Å². The molecule has 1 N–H and O–H groups in total. The molecule has 0 heterocycles. The zero-order valence-corrected chi connectivity index (χ0v) is 27.0. The second-order valence-corrected chi connectivity index (χ2v) is 14.0. The molecule has 13 heteroatoms. The fourth-order valence-corrected chi connectivity index (χ4v) is 6.77. The van der Waals surface area contributed by atoms with Crippen LogP contribution in [0.25, 0.3) is 0 Å². The zero-order chi connectivity index (χ0) is 32.1. The molecule has 1 saturated carbocycles. The van der Waals surface area contributed by atoms with Gasteiger partial charge in [0, 0.05) is 23.5 Å². The van der Waals surface area contributed by atoms with Gasteiger partial charge in [-0.05, 0) is 54.3 Å². The molecule has 0 radical (unpaired) electrons. The lowest BCUT2D eigenvalue weighted by Gasteiger charge is -2.34. The normalized spacial score (nSPS) is 14.7. The second kappa shape index (κ2) is 14.3. The number of anilines is 1. The summed E-state index contributed by atoms with van der Waals surface area (Å²) in [4.78, 5) is 29.3. The number of amides is 2. The van der Waals surface area contributed by atoms with Gasteiger partial charge in [-0.15, -0.1) is 0 Å². The van der Waals surface area contributed by atoms with Gasteiger partial charge in [-0.25, -0.2) is 8.42 Å². The van der Waals surface area contributed by atoms with Crippen LogP contribution in [0.3, 0.4) is 0 Å². The van der Waals surface area contributed by atoms with Gasteiger partial charge >= 0.3 is 6.18 Å². The van der Waals surface area contributed by atoms with E-state index in [0.717, 1.165) is 54.1 Å². The minimum Gasteiger partial charge on any atom is -0.352 e. The molecule has 0 bridgehead atoms. The van der Waals surface area contributed by atoms with E-state index in [9.17, 15) is 31.2 Å². The number of rotatable bonds is 11. The molecule has 7 nitrogen and oxygen atoms in total. The highest BCUT2D eigenvalue weighted by atomic mass is 79.9. The minimum absolute atomic E-state index is 0.0500. The third kappa shape index (κ3) is 8.98. The number of nitrogens with zero attached hydrogens (tertiary/aromatic N) is 2. The Hall–Kier alpha value is -3.09. The molecular formula is C31H32BrClF3N3O4S. The van der Waals surface area contributed by atoms with Crippen LogP contribution in [0.4, 0.5) is 18.9 Å². The van der Waals surface area contributed by atoms with Crippen LogP contribution in [0, 0.1) is 0 Å². The molecule has 236 valence electrons. The number of benzene rings is 3. The smallest absolute Gasteiger partial charge is 0.352 e. The van der Waals surface area contributed by atoms with Gasteiger partial charge in [0.15, 0.2) is 0 Å². The molecule has 1 aliphatic rings. The average Bonchev–Trinajstić information content (AvgIpc) is 3.46. The zero-order valence-electron chi connectivity index (χ0n) is 23.9. The number of sulfonamides is 1. The van der Waals surface area contributed by atoms with Crippen LogP contribution in [0.2, 0.25) is 5.02 Å². The van der Waals surface area contributed by atoms with E-state index in [2.05, 4.69) is 21.2 Å². The van der Waals surface area contributed by atoms with Gasteiger partial charge in [-0.3, -0.25) is 13.9 Å². The fourth-order valence-electron chi connectivity index (χ4n) is 5.25. The molecule has 0 aromatic heterocycles. The van der Waals surface area contributed by atoms with Gasteiger partial charge in [0.25, 0.3) is 0 Å². The predicted octanol–water partition coefficient (Wildman–Crippen LogP) is 6.59. The van der Waals surface area contributed by atoms with E-state index >= 15 is 0 Å². The molecule has 1 fully saturated rings. The van der Waals surface area contributed by atoms with E-state index in [1.165, 1.54) is 4.90 Å². The van der Waals surface area contributed by atoms with Crippen molar-refractivity contribution in [1.82, 2.24) is 10.2 Å². The van der Waals surface area contributed by atoms with Gasteiger partial charge in [-0.2, -0.15) is 13.2 Å². The Bertz CT molecular complexity index is 1590. The van der Waals surface area contributed by atoms with Gasteiger partial charge < -0.3 is 10.2 Å². The number of carbonyl (C=O) groups is 2. The summed E-state index contributed by atoms with van der Waals surface area (Å²) in [5.74, 6) is -1.15. The largest absolute Gasteiger partial charge is 0.417 e. The van der Waals surface area contributed by atoms with Crippen LogP contribution in [0.5, 0.6) is 0 Å². The highest BCUT2D eigenvalue weighted by Crippen LogP contribution is 2.37. The quantitative estimate of drug-likeness (QED) is 0.243. The summed E-state index contributed by atoms with van der Waals surface area (Å²) in [6, 6.07) is 17.8. The van der Waals surface area contributed by atoms with Crippen molar-refractivity contribution in [2.75, 3.05) is 17.1 Å². The third-order valence-electron chi connectivity index (χ3n) is 7.44. The molecule has 0 unspecified atom stereocenters. The van der Waals surface area contributed by atoms with Crippen LogP contribution >= 0.6 is 27.5 Å². The molecule has 4 rings (SSSR count). The maximum absolute atomic E-state index is 14.2. The lowest BCUT2D eigenvalue weighted by atomic mass is 10.0. The van der Waals surface area contributed by atoms with Crippen LogP contribution in [-0.4, -0.2) is 50.0 Å². The summed E-state index contributed by atoms with van der Waals surface area (Å²) in [5, 5.41) is 2.46. The molecule has 1 atom stereocenters. The maximum Gasteiger partial charge on any atom is 0.417 e. The molecule has 0 aliphatic heterocycles. The number of nitrogens with one attached hydrogen (secondary N) is 1. The monoisotopic (exact) mass is 713 g/mol. The number of carbonyl (C=O) groups excluding carboxylic acids is 2. The molecule has 44 heavy (non-hydrogen) atoms. The first-order valence-electron chi connectivity index (χ1n) is 13.9. The molecule has 0 spiro atoms. The van der Waals surface area contributed by atoms with Gasteiger partial charge in [0.05, 0.1) is 22.5 Å². The molecule has 3 aromatic rings. The Kier molecular flexibility index (Phi) is 11.0. The summed E-state index contributed by atoms with van der Waals surface area (Å²) in [7, 11) is -4.26. The van der Waals surface area contributed by atoms with E-state index in [0.29, 0.717) is 15.9 Å². The SMILES string of the molecule is CS(=O)(=O)N(CC(=O)N(Cc1cccc(Br)c1)[C@H](Cc1ccccc1)C(=O)NC1CCCC1)c1ccc(Cl)c(C(F)(F)F)c1. The topological polar surface area (TPSA) is 86.8 Å². The van der Waals surface area contributed by atoms with Crippen LogP contribution in [0.15, 0.2) is 77.3 Å². The first kappa shape index (κ1) is 33.8. The predicted molar refractivity (Wildman–Crippen MR) is 168 cm³/mol. The average molecular weight is 715 g/mol. The van der Waals surface area contributed by atoms with Crippen molar-refractivity contribution in [3.8, 4) is 0 Å². The fraction of sp³-hybridized carbons (Fsp3) is 0.355. The van der Waals surface area contributed by atoms with E-state index in [-0.39, 0.29) is 30.6 Å². The molecule has 3 aromatic carbocycles. The van der Waals surface area contributed by atoms with Crippen LogP contribution in [0.1, 0.15) is 42.4 Å². The Morgan fingerprint density at radius 2 is 1.66 bits per heavy atom. The molecule has 1 aliphatic carbocycles.